The van der Waals surface area contributed by atoms with Gasteiger partial charge in [-0.2, -0.15) is 0 Å². The first kappa shape index (κ1) is 14.1. The van der Waals surface area contributed by atoms with Crippen LogP contribution in [0.1, 0.15) is 12.8 Å². The molecule has 7 nitrogen and oxygen atoms in total. The van der Waals surface area contributed by atoms with E-state index in [0.29, 0.717) is 18.0 Å². The third-order valence-electron chi connectivity index (χ3n) is 2.84. The Morgan fingerprint density at radius 2 is 2.45 bits per heavy atom. The van der Waals surface area contributed by atoms with E-state index >= 15 is 0 Å². The van der Waals surface area contributed by atoms with Crippen LogP contribution in [0.15, 0.2) is 29.4 Å². The van der Waals surface area contributed by atoms with E-state index < -0.39 is 0 Å². The molecule has 1 unspecified atom stereocenters. The van der Waals surface area contributed by atoms with Gasteiger partial charge < -0.3 is 25.7 Å². The second-order valence-electron chi connectivity index (χ2n) is 4.40. The van der Waals surface area contributed by atoms with Crippen LogP contribution < -0.4 is 15.8 Å². The number of amidine groups is 1. The molecular weight excluding hydrogens is 262 g/mol. The maximum Gasteiger partial charge on any atom is 0.253 e. The van der Waals surface area contributed by atoms with Gasteiger partial charge in [-0.25, -0.2) is 0 Å². The molecule has 1 saturated heterocycles. The molecule has 0 aromatic heterocycles. The van der Waals surface area contributed by atoms with Crippen molar-refractivity contribution in [3.8, 4) is 5.75 Å². The molecule has 1 aliphatic heterocycles. The summed E-state index contributed by atoms with van der Waals surface area (Å²) in [5.74, 6) is 0.330. The number of nitrogens with two attached hydrogens (primary N) is 1. The van der Waals surface area contributed by atoms with Gasteiger partial charge in [-0.05, 0) is 25.0 Å². The Balaban J connectivity index is 1.93. The van der Waals surface area contributed by atoms with E-state index in [2.05, 4.69) is 10.5 Å². The summed E-state index contributed by atoms with van der Waals surface area (Å²) in [5.41, 5.74) is 5.92. The minimum atomic E-state index is -0.378. The van der Waals surface area contributed by atoms with Crippen LogP contribution in [0.3, 0.4) is 0 Å². The SMILES string of the molecule is N/C(COc1cccc(NC(=O)C2CCCO2)c1)=N\O. The van der Waals surface area contributed by atoms with Gasteiger partial charge in [0.15, 0.2) is 5.84 Å². The van der Waals surface area contributed by atoms with Crippen molar-refractivity contribution < 1.29 is 19.5 Å². The molecule has 20 heavy (non-hydrogen) atoms. The van der Waals surface area contributed by atoms with Crippen LogP contribution in [0.4, 0.5) is 5.69 Å². The topological polar surface area (TPSA) is 106 Å². The van der Waals surface area contributed by atoms with Gasteiger partial charge >= 0.3 is 0 Å². The lowest BCUT2D eigenvalue weighted by molar-refractivity contribution is -0.124. The highest BCUT2D eigenvalue weighted by atomic mass is 16.5. The lowest BCUT2D eigenvalue weighted by Crippen LogP contribution is -2.26. The smallest absolute Gasteiger partial charge is 0.253 e. The van der Waals surface area contributed by atoms with Gasteiger partial charge in [-0.3, -0.25) is 4.79 Å². The maximum absolute atomic E-state index is 11.9. The maximum atomic E-state index is 11.9. The van der Waals surface area contributed by atoms with Crippen molar-refractivity contribution in [2.24, 2.45) is 10.9 Å². The third kappa shape index (κ3) is 3.86. The number of benzene rings is 1. The first-order valence-electron chi connectivity index (χ1n) is 6.31. The molecule has 1 aromatic carbocycles. The Morgan fingerprint density at radius 3 is 3.15 bits per heavy atom. The summed E-state index contributed by atoms with van der Waals surface area (Å²) in [5, 5.41) is 14.0. The van der Waals surface area contributed by atoms with Crippen molar-refractivity contribution in [2.75, 3.05) is 18.5 Å². The molecule has 108 valence electrons. The van der Waals surface area contributed by atoms with E-state index in [9.17, 15) is 4.79 Å². The zero-order chi connectivity index (χ0) is 14.4. The molecule has 1 atom stereocenters. The lowest BCUT2D eigenvalue weighted by Gasteiger charge is -2.11. The van der Waals surface area contributed by atoms with E-state index in [1.165, 1.54) is 0 Å². The van der Waals surface area contributed by atoms with E-state index in [0.717, 1.165) is 12.8 Å². The minimum Gasteiger partial charge on any atom is -0.485 e. The molecular formula is C13H17N3O4. The first-order valence-corrected chi connectivity index (χ1v) is 6.31. The fraction of sp³-hybridized carbons (Fsp3) is 0.385. The van der Waals surface area contributed by atoms with E-state index in [-0.39, 0.29) is 24.5 Å². The second kappa shape index (κ2) is 6.76. The van der Waals surface area contributed by atoms with Crippen LogP contribution in [0, 0.1) is 0 Å². The molecule has 0 bridgehead atoms. The summed E-state index contributed by atoms with van der Waals surface area (Å²) in [6.45, 7) is 0.598. The molecule has 1 aromatic rings. The Labute approximate surface area is 116 Å². The van der Waals surface area contributed by atoms with Gasteiger partial charge in [-0.1, -0.05) is 11.2 Å². The van der Waals surface area contributed by atoms with Crippen molar-refractivity contribution in [3.63, 3.8) is 0 Å². The number of ether oxygens (including phenoxy) is 2. The number of anilines is 1. The quantitative estimate of drug-likeness (QED) is 0.322. The molecule has 7 heteroatoms. The van der Waals surface area contributed by atoms with Crippen molar-refractivity contribution in [1.82, 2.24) is 0 Å². The zero-order valence-corrected chi connectivity index (χ0v) is 10.9. The highest BCUT2D eigenvalue weighted by molar-refractivity contribution is 5.94. The van der Waals surface area contributed by atoms with Crippen LogP contribution in [0.2, 0.25) is 0 Å². The largest absolute Gasteiger partial charge is 0.485 e. The number of oxime groups is 1. The summed E-state index contributed by atoms with van der Waals surface area (Å²) in [4.78, 5) is 11.9. The molecule has 2 rings (SSSR count). The van der Waals surface area contributed by atoms with Crippen molar-refractivity contribution in [1.29, 1.82) is 0 Å². The van der Waals surface area contributed by atoms with Gasteiger partial charge in [0.1, 0.15) is 18.5 Å². The van der Waals surface area contributed by atoms with E-state index in [1.807, 2.05) is 0 Å². The first-order chi connectivity index (χ1) is 9.69. The summed E-state index contributed by atoms with van der Waals surface area (Å²) >= 11 is 0. The van der Waals surface area contributed by atoms with Gasteiger partial charge in [-0.15, -0.1) is 0 Å². The summed E-state index contributed by atoms with van der Waals surface area (Å²) in [6.07, 6.45) is 1.27. The molecule has 0 saturated carbocycles. The Bertz CT molecular complexity index is 498. The third-order valence-corrected chi connectivity index (χ3v) is 2.84. The van der Waals surface area contributed by atoms with Crippen LogP contribution >= 0.6 is 0 Å². The van der Waals surface area contributed by atoms with Gasteiger partial charge in [0.2, 0.25) is 0 Å². The number of carbonyl (C=O) groups excluding carboxylic acids is 1. The number of carbonyl (C=O) groups is 1. The molecule has 1 fully saturated rings. The van der Waals surface area contributed by atoms with Crippen molar-refractivity contribution in [2.45, 2.75) is 18.9 Å². The van der Waals surface area contributed by atoms with Crippen LogP contribution in [-0.2, 0) is 9.53 Å². The Morgan fingerprint density at radius 1 is 1.60 bits per heavy atom. The fourth-order valence-corrected chi connectivity index (χ4v) is 1.86. The van der Waals surface area contributed by atoms with Gasteiger partial charge in [0.05, 0.1) is 0 Å². The number of amides is 1. The lowest BCUT2D eigenvalue weighted by atomic mass is 10.2. The zero-order valence-electron chi connectivity index (χ0n) is 10.9. The summed E-state index contributed by atoms with van der Waals surface area (Å²) < 4.78 is 10.6. The molecule has 0 spiro atoms. The molecule has 1 amide bonds. The number of rotatable bonds is 5. The number of hydrogen-bond donors (Lipinski definition) is 3. The summed E-state index contributed by atoms with van der Waals surface area (Å²) in [6, 6.07) is 6.87. The van der Waals surface area contributed by atoms with Crippen molar-refractivity contribution in [3.05, 3.63) is 24.3 Å². The Hall–Kier alpha value is -2.28. The molecule has 1 heterocycles. The highest BCUT2D eigenvalue weighted by Crippen LogP contribution is 2.19. The van der Waals surface area contributed by atoms with E-state index in [4.69, 9.17) is 20.4 Å². The fourth-order valence-electron chi connectivity index (χ4n) is 1.86. The average Bonchev–Trinajstić information content (AvgIpc) is 2.99. The molecule has 1 aliphatic rings. The molecule has 4 N–H and O–H groups in total. The highest BCUT2D eigenvalue weighted by Gasteiger charge is 2.23. The monoisotopic (exact) mass is 279 g/mol. The van der Waals surface area contributed by atoms with Gasteiger partial charge in [0.25, 0.3) is 5.91 Å². The van der Waals surface area contributed by atoms with Crippen LogP contribution in [-0.4, -0.2) is 36.3 Å². The molecule has 0 radical (unpaired) electrons. The van der Waals surface area contributed by atoms with E-state index in [1.54, 1.807) is 24.3 Å². The predicted octanol–water partition coefficient (Wildman–Crippen LogP) is 0.929. The van der Waals surface area contributed by atoms with Gasteiger partial charge in [0, 0.05) is 18.4 Å². The normalized spacial score (nSPS) is 18.8. The molecule has 0 aliphatic carbocycles. The second-order valence-corrected chi connectivity index (χ2v) is 4.40. The number of nitrogens with one attached hydrogen (secondary N) is 1. The van der Waals surface area contributed by atoms with Crippen LogP contribution in [0.5, 0.6) is 5.75 Å². The van der Waals surface area contributed by atoms with Crippen LogP contribution in [0.25, 0.3) is 0 Å². The summed E-state index contributed by atoms with van der Waals surface area (Å²) in [7, 11) is 0. The number of nitrogens with zero attached hydrogens (tertiary/aromatic N) is 1. The number of hydrogen-bond acceptors (Lipinski definition) is 5. The Kier molecular flexibility index (Phi) is 4.78. The predicted molar refractivity (Wildman–Crippen MR) is 72.9 cm³/mol. The standard InChI is InChI=1S/C13H17N3O4/c14-12(16-18)8-20-10-4-1-3-9(7-10)15-13(17)11-5-2-6-19-11/h1,3-4,7,11,18H,2,5-6,8H2,(H2,14,16)(H,15,17). The average molecular weight is 279 g/mol. The minimum absolute atomic E-state index is 0.0281. The van der Waals surface area contributed by atoms with Crippen molar-refractivity contribution >= 4 is 17.4 Å².